The summed E-state index contributed by atoms with van der Waals surface area (Å²) in [7, 11) is 0. The smallest absolute Gasteiger partial charge is 0.269 e. The molecule has 1 N–H and O–H groups in total. The molecule has 1 aliphatic heterocycles. The summed E-state index contributed by atoms with van der Waals surface area (Å²) in [5.41, 5.74) is 3.73. The zero-order chi connectivity index (χ0) is 19.0. The van der Waals surface area contributed by atoms with Gasteiger partial charge >= 0.3 is 0 Å². The number of anilines is 2. The number of nitro groups is 1. The quantitative estimate of drug-likeness (QED) is 0.544. The Bertz CT molecular complexity index is 1030. The summed E-state index contributed by atoms with van der Waals surface area (Å²) in [6.07, 6.45) is -0.546. The Labute approximate surface area is 156 Å². The standard InChI is InChI=1S/C21H17N3O3/c1-14-9-11-16(12-10-14)23-20(15-5-4-6-17(13-15)24(26)27)22-19-8-3-2-7-18(19)21(23)25/h2-13,20,22H,1H3/t20-/m0/s1. The lowest BCUT2D eigenvalue weighted by Crippen LogP contribution is -2.43. The van der Waals surface area contributed by atoms with Gasteiger partial charge in [-0.1, -0.05) is 42.0 Å². The number of para-hydroxylation sites is 1. The maximum Gasteiger partial charge on any atom is 0.269 e. The van der Waals surface area contributed by atoms with Gasteiger partial charge in [0.1, 0.15) is 6.17 Å². The molecular weight excluding hydrogens is 342 g/mol. The van der Waals surface area contributed by atoms with Gasteiger partial charge in [-0.2, -0.15) is 0 Å². The summed E-state index contributed by atoms with van der Waals surface area (Å²) in [6, 6.07) is 21.3. The highest BCUT2D eigenvalue weighted by atomic mass is 16.6. The number of rotatable bonds is 3. The molecule has 0 unspecified atom stereocenters. The van der Waals surface area contributed by atoms with Gasteiger partial charge < -0.3 is 5.32 Å². The molecule has 27 heavy (non-hydrogen) atoms. The molecule has 6 nitrogen and oxygen atoms in total. The van der Waals surface area contributed by atoms with Crippen molar-refractivity contribution in [2.24, 2.45) is 0 Å². The van der Waals surface area contributed by atoms with Crippen molar-refractivity contribution in [3.63, 3.8) is 0 Å². The van der Waals surface area contributed by atoms with Crippen molar-refractivity contribution in [2.75, 3.05) is 10.2 Å². The molecule has 0 spiro atoms. The van der Waals surface area contributed by atoms with Crippen molar-refractivity contribution >= 4 is 23.0 Å². The Morgan fingerprint density at radius 2 is 1.74 bits per heavy atom. The number of nitro benzene ring substituents is 1. The number of aryl methyl sites for hydroxylation is 1. The highest BCUT2D eigenvalue weighted by molar-refractivity contribution is 6.12. The van der Waals surface area contributed by atoms with Crippen LogP contribution < -0.4 is 10.2 Å². The molecule has 1 amide bonds. The van der Waals surface area contributed by atoms with Crippen molar-refractivity contribution in [3.05, 3.63) is 99.6 Å². The van der Waals surface area contributed by atoms with E-state index in [2.05, 4.69) is 5.32 Å². The van der Waals surface area contributed by atoms with Crippen LogP contribution in [0.4, 0.5) is 17.1 Å². The van der Waals surface area contributed by atoms with E-state index in [4.69, 9.17) is 0 Å². The summed E-state index contributed by atoms with van der Waals surface area (Å²) in [6.45, 7) is 1.98. The highest BCUT2D eigenvalue weighted by Gasteiger charge is 2.34. The molecule has 0 radical (unpaired) electrons. The van der Waals surface area contributed by atoms with Gasteiger partial charge in [-0.25, -0.2) is 0 Å². The van der Waals surface area contributed by atoms with Crippen molar-refractivity contribution in [3.8, 4) is 0 Å². The van der Waals surface area contributed by atoms with Gasteiger partial charge in [0, 0.05) is 29.1 Å². The van der Waals surface area contributed by atoms with Gasteiger partial charge in [-0.3, -0.25) is 19.8 Å². The Kier molecular flexibility index (Phi) is 4.08. The first-order valence-corrected chi connectivity index (χ1v) is 8.55. The second-order valence-electron chi connectivity index (χ2n) is 6.46. The summed E-state index contributed by atoms with van der Waals surface area (Å²) < 4.78 is 0. The minimum Gasteiger partial charge on any atom is -0.360 e. The zero-order valence-electron chi connectivity index (χ0n) is 14.6. The van der Waals surface area contributed by atoms with E-state index in [1.165, 1.54) is 12.1 Å². The zero-order valence-corrected chi connectivity index (χ0v) is 14.6. The van der Waals surface area contributed by atoms with E-state index >= 15 is 0 Å². The van der Waals surface area contributed by atoms with Crippen molar-refractivity contribution in [1.29, 1.82) is 0 Å². The lowest BCUT2D eigenvalue weighted by molar-refractivity contribution is -0.384. The third kappa shape index (κ3) is 3.01. The van der Waals surface area contributed by atoms with Crippen LogP contribution in [0.15, 0.2) is 72.8 Å². The Morgan fingerprint density at radius 1 is 1.00 bits per heavy atom. The molecule has 0 fully saturated rings. The molecule has 1 heterocycles. The van der Waals surface area contributed by atoms with Crippen LogP contribution in [-0.2, 0) is 0 Å². The van der Waals surface area contributed by atoms with E-state index < -0.39 is 11.1 Å². The fourth-order valence-electron chi connectivity index (χ4n) is 3.27. The molecular formula is C21H17N3O3. The second kappa shape index (κ2) is 6.57. The maximum atomic E-state index is 13.3. The summed E-state index contributed by atoms with van der Waals surface area (Å²) >= 11 is 0. The average molecular weight is 359 g/mol. The van der Waals surface area contributed by atoms with E-state index in [-0.39, 0.29) is 11.6 Å². The topological polar surface area (TPSA) is 75.5 Å². The van der Waals surface area contributed by atoms with Gasteiger partial charge in [0.15, 0.2) is 0 Å². The van der Waals surface area contributed by atoms with E-state index in [9.17, 15) is 14.9 Å². The average Bonchev–Trinajstić information content (AvgIpc) is 2.69. The number of non-ortho nitro benzene ring substituents is 1. The number of hydrogen-bond donors (Lipinski definition) is 1. The molecule has 1 atom stereocenters. The summed E-state index contributed by atoms with van der Waals surface area (Å²) in [5.74, 6) is -0.148. The van der Waals surface area contributed by atoms with Gasteiger partial charge in [-0.15, -0.1) is 0 Å². The largest absolute Gasteiger partial charge is 0.360 e. The Balaban J connectivity index is 1.86. The van der Waals surface area contributed by atoms with Crippen molar-refractivity contribution in [2.45, 2.75) is 13.1 Å². The van der Waals surface area contributed by atoms with Gasteiger partial charge in [-0.05, 0) is 31.2 Å². The third-order valence-electron chi connectivity index (χ3n) is 4.64. The molecule has 0 bridgehead atoms. The number of hydrogen-bond acceptors (Lipinski definition) is 4. The molecule has 4 rings (SSSR count). The lowest BCUT2D eigenvalue weighted by Gasteiger charge is -2.38. The number of amides is 1. The van der Waals surface area contributed by atoms with Crippen LogP contribution in [-0.4, -0.2) is 10.8 Å². The molecule has 3 aromatic rings. The second-order valence-corrected chi connectivity index (χ2v) is 6.46. The number of nitrogens with one attached hydrogen (secondary N) is 1. The van der Waals surface area contributed by atoms with Crippen LogP contribution in [0.2, 0.25) is 0 Å². The number of carbonyl (C=O) groups excluding carboxylic acids is 1. The molecule has 0 aromatic heterocycles. The van der Waals surface area contributed by atoms with Crippen LogP contribution in [0, 0.1) is 17.0 Å². The van der Waals surface area contributed by atoms with E-state index in [0.717, 1.165) is 11.3 Å². The van der Waals surface area contributed by atoms with Crippen LogP contribution in [0.25, 0.3) is 0 Å². The van der Waals surface area contributed by atoms with E-state index in [1.54, 1.807) is 23.1 Å². The first-order valence-electron chi connectivity index (χ1n) is 8.55. The fourth-order valence-corrected chi connectivity index (χ4v) is 3.27. The van der Waals surface area contributed by atoms with Gasteiger partial charge in [0.05, 0.1) is 10.5 Å². The van der Waals surface area contributed by atoms with Gasteiger partial charge in [0.25, 0.3) is 11.6 Å². The maximum absolute atomic E-state index is 13.3. The predicted molar refractivity (Wildman–Crippen MR) is 104 cm³/mol. The Hall–Kier alpha value is -3.67. The molecule has 3 aromatic carbocycles. The minimum atomic E-state index is -0.546. The van der Waals surface area contributed by atoms with Crippen molar-refractivity contribution < 1.29 is 9.72 Å². The summed E-state index contributed by atoms with van der Waals surface area (Å²) in [4.78, 5) is 25.7. The van der Waals surface area contributed by atoms with Crippen molar-refractivity contribution in [1.82, 2.24) is 0 Å². The first-order chi connectivity index (χ1) is 13.0. The van der Waals surface area contributed by atoms with E-state index in [1.807, 2.05) is 49.4 Å². The van der Waals surface area contributed by atoms with Gasteiger partial charge in [0.2, 0.25) is 0 Å². The Morgan fingerprint density at radius 3 is 2.48 bits per heavy atom. The van der Waals surface area contributed by atoms with Crippen LogP contribution >= 0.6 is 0 Å². The number of carbonyl (C=O) groups is 1. The third-order valence-corrected chi connectivity index (χ3v) is 4.64. The number of fused-ring (bicyclic) bond motifs is 1. The fraction of sp³-hybridized carbons (Fsp3) is 0.0952. The van der Waals surface area contributed by atoms with Crippen LogP contribution in [0.3, 0.4) is 0 Å². The monoisotopic (exact) mass is 359 g/mol. The van der Waals surface area contributed by atoms with Crippen LogP contribution in [0.1, 0.15) is 27.7 Å². The van der Waals surface area contributed by atoms with Crippen LogP contribution in [0.5, 0.6) is 0 Å². The molecule has 0 aliphatic carbocycles. The molecule has 134 valence electrons. The van der Waals surface area contributed by atoms with E-state index in [0.29, 0.717) is 16.8 Å². The number of benzene rings is 3. The molecule has 1 aliphatic rings. The lowest BCUT2D eigenvalue weighted by atomic mass is 10.0. The predicted octanol–water partition coefficient (Wildman–Crippen LogP) is 4.67. The first kappa shape index (κ1) is 16.8. The normalized spacial score (nSPS) is 15.8. The molecule has 6 heteroatoms. The minimum absolute atomic E-state index is 0.00976. The highest BCUT2D eigenvalue weighted by Crippen LogP contribution is 2.37. The number of nitrogens with zero attached hydrogens (tertiary/aromatic N) is 2. The molecule has 0 saturated carbocycles. The molecule has 0 saturated heterocycles. The summed E-state index contributed by atoms with van der Waals surface area (Å²) in [5, 5.41) is 14.5. The SMILES string of the molecule is Cc1ccc(N2C(=O)c3ccccc3N[C@@H]2c2cccc([N+](=O)[O-])c2)cc1.